The fourth-order valence-corrected chi connectivity index (χ4v) is 1.73. The molecule has 6 heteroatoms. The molecule has 98 valence electrons. The monoisotopic (exact) mass is 363 g/mol. The maximum Gasteiger partial charge on any atom is 0.280 e. The Kier molecular flexibility index (Phi) is 4.69. The first kappa shape index (κ1) is 14.9. The summed E-state index contributed by atoms with van der Waals surface area (Å²) in [4.78, 5) is 20.9. The van der Waals surface area contributed by atoms with Crippen LogP contribution in [0, 0.1) is 13.7 Å². The van der Waals surface area contributed by atoms with E-state index in [-0.39, 0.29) is 5.69 Å². The number of nitro groups is 1. The molecule has 18 heavy (non-hydrogen) atoms. The fraction of sp³-hybridized carbons (Fsp3) is 0.333. The second-order valence-corrected chi connectivity index (χ2v) is 5.71. The summed E-state index contributed by atoms with van der Waals surface area (Å²) in [6.07, 6.45) is 1.39. The van der Waals surface area contributed by atoms with Crippen LogP contribution in [-0.4, -0.2) is 10.5 Å². The number of halogens is 1. The molecular weight excluding hydrogens is 349 g/mol. The van der Waals surface area contributed by atoms with E-state index in [1.807, 2.05) is 43.4 Å². The van der Waals surface area contributed by atoms with Gasteiger partial charge in [0.15, 0.2) is 5.75 Å². The topological polar surface area (TPSA) is 61.6 Å². The molecule has 0 amide bonds. The zero-order chi connectivity index (χ0) is 13.9. The van der Waals surface area contributed by atoms with Crippen molar-refractivity contribution in [1.82, 2.24) is 0 Å². The van der Waals surface area contributed by atoms with Crippen molar-refractivity contribution in [2.45, 2.75) is 26.4 Å². The molecule has 1 rings (SSSR count). The predicted molar refractivity (Wildman–Crippen MR) is 77.4 cm³/mol. The van der Waals surface area contributed by atoms with E-state index in [9.17, 15) is 10.1 Å². The van der Waals surface area contributed by atoms with Crippen molar-refractivity contribution < 1.29 is 14.7 Å². The molecule has 0 aliphatic heterocycles. The van der Waals surface area contributed by atoms with Crippen LogP contribution >= 0.6 is 22.6 Å². The molecule has 0 bridgehead atoms. The Hall–Kier alpha value is -1.15. The van der Waals surface area contributed by atoms with Gasteiger partial charge < -0.3 is 4.89 Å². The zero-order valence-electron chi connectivity index (χ0n) is 10.4. The summed E-state index contributed by atoms with van der Waals surface area (Å²) in [6.45, 7) is 9.05. The Balaban J connectivity index is 3.20. The molecule has 0 fully saturated rings. The highest BCUT2D eigenvalue weighted by Gasteiger charge is 2.22. The number of benzene rings is 1. The molecule has 1 aromatic carbocycles. The largest absolute Gasteiger partial charge is 0.335 e. The van der Waals surface area contributed by atoms with E-state index >= 15 is 0 Å². The van der Waals surface area contributed by atoms with E-state index < -0.39 is 10.5 Å². The van der Waals surface area contributed by atoms with Crippen molar-refractivity contribution >= 4 is 34.4 Å². The SMILES string of the molecule is C=Cc1c([N+](=O)[O-])ccc(I)c1OOC(C)(C)C. The molecule has 0 heterocycles. The number of nitro benzene ring substituents is 1. The Bertz CT molecular complexity index is 480. The third-order valence-electron chi connectivity index (χ3n) is 1.90. The fourth-order valence-electron chi connectivity index (χ4n) is 1.17. The van der Waals surface area contributed by atoms with Gasteiger partial charge in [0.2, 0.25) is 0 Å². The van der Waals surface area contributed by atoms with Crippen molar-refractivity contribution in [1.29, 1.82) is 0 Å². The van der Waals surface area contributed by atoms with E-state index in [1.54, 1.807) is 6.07 Å². The van der Waals surface area contributed by atoms with Gasteiger partial charge in [-0.2, -0.15) is 4.89 Å². The van der Waals surface area contributed by atoms with Gasteiger partial charge in [0.05, 0.1) is 14.1 Å². The highest BCUT2D eigenvalue weighted by atomic mass is 127. The van der Waals surface area contributed by atoms with Gasteiger partial charge in [-0.15, -0.1) is 0 Å². The number of hydrogen-bond acceptors (Lipinski definition) is 4. The lowest BCUT2D eigenvalue weighted by atomic mass is 10.1. The van der Waals surface area contributed by atoms with E-state index in [0.717, 1.165) is 3.57 Å². The lowest BCUT2D eigenvalue weighted by molar-refractivity contribution is -0.385. The molecule has 0 saturated carbocycles. The third-order valence-corrected chi connectivity index (χ3v) is 2.75. The second-order valence-electron chi connectivity index (χ2n) is 4.55. The Morgan fingerprint density at radius 1 is 1.44 bits per heavy atom. The van der Waals surface area contributed by atoms with Crippen LogP contribution in [0.1, 0.15) is 26.3 Å². The quantitative estimate of drug-likeness (QED) is 0.352. The van der Waals surface area contributed by atoms with E-state index in [2.05, 4.69) is 6.58 Å². The molecule has 0 radical (unpaired) electrons. The molecule has 0 N–H and O–H groups in total. The maximum absolute atomic E-state index is 10.9. The van der Waals surface area contributed by atoms with E-state index in [0.29, 0.717) is 11.3 Å². The third kappa shape index (κ3) is 3.67. The van der Waals surface area contributed by atoms with Crippen molar-refractivity contribution in [3.63, 3.8) is 0 Å². The second kappa shape index (κ2) is 5.66. The van der Waals surface area contributed by atoms with Crippen LogP contribution in [0.2, 0.25) is 0 Å². The summed E-state index contributed by atoms with van der Waals surface area (Å²) in [5.41, 5.74) is -0.249. The summed E-state index contributed by atoms with van der Waals surface area (Å²) < 4.78 is 0.720. The highest BCUT2D eigenvalue weighted by molar-refractivity contribution is 14.1. The van der Waals surface area contributed by atoms with Crippen molar-refractivity contribution in [3.05, 3.63) is 38.0 Å². The molecule has 0 aliphatic carbocycles. The van der Waals surface area contributed by atoms with Crippen LogP contribution in [-0.2, 0) is 4.89 Å². The van der Waals surface area contributed by atoms with Crippen molar-refractivity contribution in [2.75, 3.05) is 0 Å². The van der Waals surface area contributed by atoms with Crippen LogP contribution in [0.25, 0.3) is 6.08 Å². The van der Waals surface area contributed by atoms with Crippen molar-refractivity contribution in [2.24, 2.45) is 0 Å². The van der Waals surface area contributed by atoms with Gasteiger partial charge in [0, 0.05) is 6.07 Å². The predicted octanol–water partition coefficient (Wildman–Crippen LogP) is 3.95. The van der Waals surface area contributed by atoms with Gasteiger partial charge in [-0.25, -0.2) is 0 Å². The molecule has 0 aliphatic rings. The summed E-state index contributed by atoms with van der Waals surface area (Å²) in [6, 6.07) is 3.02. The average Bonchev–Trinajstić information content (AvgIpc) is 2.25. The number of hydrogen-bond donors (Lipinski definition) is 0. The summed E-state index contributed by atoms with van der Waals surface area (Å²) in [5.74, 6) is 0.315. The first-order chi connectivity index (χ1) is 8.26. The summed E-state index contributed by atoms with van der Waals surface area (Å²) >= 11 is 2.03. The van der Waals surface area contributed by atoms with Gasteiger partial charge in [0.25, 0.3) is 5.69 Å². The minimum atomic E-state index is -0.508. The molecule has 0 atom stereocenters. The zero-order valence-corrected chi connectivity index (χ0v) is 12.6. The maximum atomic E-state index is 10.9. The summed E-state index contributed by atoms with van der Waals surface area (Å²) in [7, 11) is 0. The van der Waals surface area contributed by atoms with E-state index in [4.69, 9.17) is 9.78 Å². The molecule has 1 aromatic rings. The standard InChI is InChI=1S/C12H14INO4/c1-5-8-10(14(15)16)7-6-9(13)11(8)17-18-12(2,3)4/h5-7H,1H2,2-4H3. The van der Waals surface area contributed by atoms with Crippen molar-refractivity contribution in [3.8, 4) is 5.75 Å². The average molecular weight is 363 g/mol. The smallest absolute Gasteiger partial charge is 0.280 e. The first-order valence-corrected chi connectivity index (χ1v) is 6.29. The molecular formula is C12H14INO4. The molecule has 0 spiro atoms. The van der Waals surface area contributed by atoms with Crippen LogP contribution in [0.15, 0.2) is 18.7 Å². The van der Waals surface area contributed by atoms with Crippen LogP contribution < -0.4 is 4.89 Å². The lowest BCUT2D eigenvalue weighted by Crippen LogP contribution is -2.21. The van der Waals surface area contributed by atoms with Gasteiger partial charge in [-0.05, 0) is 49.4 Å². The van der Waals surface area contributed by atoms with Crippen LogP contribution in [0.3, 0.4) is 0 Å². The minimum Gasteiger partial charge on any atom is -0.335 e. The van der Waals surface area contributed by atoms with Gasteiger partial charge in [-0.3, -0.25) is 10.1 Å². The van der Waals surface area contributed by atoms with Gasteiger partial charge in [-0.1, -0.05) is 12.7 Å². The highest BCUT2D eigenvalue weighted by Crippen LogP contribution is 2.34. The van der Waals surface area contributed by atoms with Gasteiger partial charge >= 0.3 is 0 Å². The molecule has 0 saturated heterocycles. The normalized spacial score (nSPS) is 11.1. The molecule has 0 unspecified atom stereocenters. The van der Waals surface area contributed by atoms with Crippen LogP contribution in [0.5, 0.6) is 5.75 Å². The molecule has 0 aromatic heterocycles. The van der Waals surface area contributed by atoms with Gasteiger partial charge in [0.1, 0.15) is 5.60 Å². The lowest BCUT2D eigenvalue weighted by Gasteiger charge is -2.19. The van der Waals surface area contributed by atoms with Crippen LogP contribution in [0.4, 0.5) is 5.69 Å². The molecule has 5 nitrogen and oxygen atoms in total. The Labute approximate surface area is 119 Å². The minimum absolute atomic E-state index is 0.0575. The Morgan fingerprint density at radius 2 is 2.06 bits per heavy atom. The van der Waals surface area contributed by atoms with E-state index in [1.165, 1.54) is 12.1 Å². The number of nitrogens with zero attached hydrogens (tertiary/aromatic N) is 1. The Morgan fingerprint density at radius 3 is 2.50 bits per heavy atom. The summed E-state index contributed by atoms with van der Waals surface area (Å²) in [5, 5.41) is 10.9. The first-order valence-electron chi connectivity index (χ1n) is 5.21. The number of rotatable bonds is 4.